The Morgan fingerprint density at radius 2 is 2.19 bits per heavy atom. The van der Waals surface area contributed by atoms with Crippen molar-refractivity contribution >= 4 is 17.7 Å². The third kappa shape index (κ3) is 2.38. The SMILES string of the molecule is CC(C)N1CC[C@H](S[C@H]2CCO[C@H]2C)C1=O. The van der Waals surface area contributed by atoms with E-state index in [2.05, 4.69) is 20.8 Å². The second-order valence-corrected chi connectivity index (χ2v) is 6.39. The molecule has 0 aliphatic carbocycles. The number of likely N-dealkylation sites (tertiary alicyclic amines) is 1. The number of rotatable bonds is 3. The molecule has 2 aliphatic rings. The minimum Gasteiger partial charge on any atom is -0.377 e. The van der Waals surface area contributed by atoms with Gasteiger partial charge in [-0.3, -0.25) is 4.79 Å². The molecule has 2 aliphatic heterocycles. The molecule has 3 atom stereocenters. The Bertz CT molecular complexity index is 270. The van der Waals surface area contributed by atoms with Crippen molar-refractivity contribution in [3.63, 3.8) is 0 Å². The van der Waals surface area contributed by atoms with Gasteiger partial charge in [-0.25, -0.2) is 0 Å². The molecule has 2 heterocycles. The average molecular weight is 243 g/mol. The summed E-state index contributed by atoms with van der Waals surface area (Å²) in [5.74, 6) is 0.333. The van der Waals surface area contributed by atoms with E-state index in [9.17, 15) is 4.79 Å². The van der Waals surface area contributed by atoms with Crippen molar-refractivity contribution in [1.29, 1.82) is 0 Å². The lowest BCUT2D eigenvalue weighted by Gasteiger charge is -2.22. The largest absolute Gasteiger partial charge is 0.377 e. The molecule has 0 aromatic rings. The number of thioether (sulfide) groups is 1. The van der Waals surface area contributed by atoms with Gasteiger partial charge < -0.3 is 9.64 Å². The standard InChI is InChI=1S/C12H21NO2S/c1-8(2)13-6-4-11(12(13)14)16-10-5-7-15-9(10)3/h8-11H,4-7H2,1-3H3/t9-,10-,11-/m0/s1. The van der Waals surface area contributed by atoms with Crippen LogP contribution in [0.2, 0.25) is 0 Å². The van der Waals surface area contributed by atoms with Crippen molar-refractivity contribution in [1.82, 2.24) is 4.90 Å². The number of hydrogen-bond acceptors (Lipinski definition) is 3. The Labute approximate surface area is 102 Å². The highest BCUT2D eigenvalue weighted by atomic mass is 32.2. The lowest BCUT2D eigenvalue weighted by Crippen LogP contribution is -2.35. The van der Waals surface area contributed by atoms with Gasteiger partial charge in [0.05, 0.1) is 11.4 Å². The predicted molar refractivity (Wildman–Crippen MR) is 66.7 cm³/mol. The number of carbonyl (C=O) groups is 1. The van der Waals surface area contributed by atoms with Crippen LogP contribution < -0.4 is 0 Å². The minimum atomic E-state index is 0.177. The molecule has 4 heteroatoms. The molecule has 0 saturated carbocycles. The van der Waals surface area contributed by atoms with E-state index in [0.29, 0.717) is 23.3 Å². The summed E-state index contributed by atoms with van der Waals surface area (Å²) in [4.78, 5) is 14.1. The van der Waals surface area contributed by atoms with Crippen molar-refractivity contribution in [2.75, 3.05) is 13.2 Å². The highest BCUT2D eigenvalue weighted by molar-refractivity contribution is 8.01. The van der Waals surface area contributed by atoms with Gasteiger partial charge in [0.1, 0.15) is 0 Å². The Hall–Kier alpha value is -0.220. The third-order valence-electron chi connectivity index (χ3n) is 3.46. The molecule has 0 aromatic heterocycles. The summed E-state index contributed by atoms with van der Waals surface area (Å²) in [6.45, 7) is 8.08. The Balaban J connectivity index is 1.89. The molecular weight excluding hydrogens is 222 g/mol. The molecule has 2 fully saturated rings. The predicted octanol–water partition coefficient (Wildman–Crippen LogP) is 1.91. The van der Waals surface area contributed by atoms with E-state index >= 15 is 0 Å². The van der Waals surface area contributed by atoms with Crippen LogP contribution in [0.3, 0.4) is 0 Å². The van der Waals surface area contributed by atoms with Crippen molar-refractivity contribution in [2.45, 2.75) is 56.3 Å². The molecule has 0 bridgehead atoms. The first-order chi connectivity index (χ1) is 7.59. The maximum absolute atomic E-state index is 12.1. The van der Waals surface area contributed by atoms with E-state index in [-0.39, 0.29) is 5.25 Å². The fourth-order valence-electron chi connectivity index (χ4n) is 2.42. The Kier molecular flexibility index (Phi) is 3.80. The fraction of sp³-hybridized carbons (Fsp3) is 0.917. The van der Waals surface area contributed by atoms with Crippen LogP contribution in [0.25, 0.3) is 0 Å². The number of amides is 1. The monoisotopic (exact) mass is 243 g/mol. The second-order valence-electron chi connectivity index (χ2n) is 4.94. The molecule has 92 valence electrons. The zero-order valence-corrected chi connectivity index (χ0v) is 11.1. The number of ether oxygens (including phenoxy) is 1. The van der Waals surface area contributed by atoms with Gasteiger partial charge in [-0.15, -0.1) is 11.8 Å². The molecular formula is C12H21NO2S. The van der Waals surface area contributed by atoms with Crippen LogP contribution in [0.1, 0.15) is 33.6 Å². The quantitative estimate of drug-likeness (QED) is 0.758. The molecule has 0 N–H and O–H groups in total. The van der Waals surface area contributed by atoms with Gasteiger partial charge in [0.2, 0.25) is 5.91 Å². The normalized spacial score (nSPS) is 35.4. The molecule has 0 aromatic carbocycles. The molecule has 0 spiro atoms. The van der Waals surface area contributed by atoms with Gasteiger partial charge in [0.25, 0.3) is 0 Å². The maximum atomic E-state index is 12.1. The summed E-state index contributed by atoms with van der Waals surface area (Å²) in [6, 6.07) is 0.343. The summed E-state index contributed by atoms with van der Waals surface area (Å²) in [6.07, 6.45) is 2.41. The van der Waals surface area contributed by atoms with E-state index in [1.165, 1.54) is 0 Å². The van der Waals surface area contributed by atoms with Crippen LogP contribution in [0.4, 0.5) is 0 Å². The molecule has 1 amide bonds. The average Bonchev–Trinajstić information content (AvgIpc) is 2.76. The summed E-state index contributed by atoms with van der Waals surface area (Å²) < 4.78 is 5.54. The van der Waals surface area contributed by atoms with Crippen molar-refractivity contribution in [3.05, 3.63) is 0 Å². The van der Waals surface area contributed by atoms with E-state index in [4.69, 9.17) is 4.74 Å². The first-order valence-electron chi connectivity index (χ1n) is 6.17. The van der Waals surface area contributed by atoms with Gasteiger partial charge in [-0.1, -0.05) is 0 Å². The van der Waals surface area contributed by atoms with Gasteiger partial charge in [-0.05, 0) is 33.6 Å². The first kappa shape index (κ1) is 12.2. The van der Waals surface area contributed by atoms with E-state index in [0.717, 1.165) is 26.0 Å². The fourth-order valence-corrected chi connectivity index (χ4v) is 3.86. The van der Waals surface area contributed by atoms with Crippen LogP contribution >= 0.6 is 11.8 Å². The van der Waals surface area contributed by atoms with Crippen LogP contribution in [0, 0.1) is 0 Å². The molecule has 0 radical (unpaired) electrons. The second kappa shape index (κ2) is 4.96. The minimum absolute atomic E-state index is 0.177. The van der Waals surface area contributed by atoms with Crippen LogP contribution in [0.15, 0.2) is 0 Å². The van der Waals surface area contributed by atoms with Gasteiger partial charge >= 0.3 is 0 Å². The first-order valence-corrected chi connectivity index (χ1v) is 7.11. The topological polar surface area (TPSA) is 29.5 Å². The molecule has 2 saturated heterocycles. The van der Waals surface area contributed by atoms with Crippen LogP contribution in [-0.4, -0.2) is 46.6 Å². The van der Waals surface area contributed by atoms with Gasteiger partial charge in [-0.2, -0.15) is 0 Å². The highest BCUT2D eigenvalue weighted by Crippen LogP contribution is 2.34. The Morgan fingerprint density at radius 3 is 2.69 bits per heavy atom. The van der Waals surface area contributed by atoms with Crippen molar-refractivity contribution in [2.24, 2.45) is 0 Å². The van der Waals surface area contributed by atoms with Crippen molar-refractivity contribution in [3.8, 4) is 0 Å². The zero-order valence-electron chi connectivity index (χ0n) is 10.3. The summed E-state index contributed by atoms with van der Waals surface area (Å²) in [7, 11) is 0. The van der Waals surface area contributed by atoms with Crippen molar-refractivity contribution < 1.29 is 9.53 Å². The lowest BCUT2D eigenvalue weighted by atomic mass is 10.3. The summed E-state index contributed by atoms with van der Waals surface area (Å²) in [5.41, 5.74) is 0. The molecule has 0 unspecified atom stereocenters. The van der Waals surface area contributed by atoms with Gasteiger partial charge in [0, 0.05) is 24.4 Å². The highest BCUT2D eigenvalue weighted by Gasteiger charge is 2.37. The van der Waals surface area contributed by atoms with Crippen LogP contribution in [0.5, 0.6) is 0 Å². The third-order valence-corrected chi connectivity index (χ3v) is 5.19. The summed E-state index contributed by atoms with van der Waals surface area (Å²) >= 11 is 1.84. The summed E-state index contributed by atoms with van der Waals surface area (Å²) in [5, 5.41) is 0.692. The van der Waals surface area contributed by atoms with E-state index < -0.39 is 0 Å². The smallest absolute Gasteiger partial charge is 0.235 e. The van der Waals surface area contributed by atoms with E-state index in [1.807, 2.05) is 16.7 Å². The van der Waals surface area contributed by atoms with Gasteiger partial charge in [0.15, 0.2) is 0 Å². The number of hydrogen-bond donors (Lipinski definition) is 0. The van der Waals surface area contributed by atoms with Crippen LogP contribution in [-0.2, 0) is 9.53 Å². The molecule has 3 nitrogen and oxygen atoms in total. The molecule has 2 rings (SSSR count). The lowest BCUT2D eigenvalue weighted by molar-refractivity contribution is -0.128. The number of carbonyl (C=O) groups excluding carboxylic acids is 1. The number of nitrogens with zero attached hydrogens (tertiary/aromatic N) is 1. The zero-order chi connectivity index (χ0) is 11.7. The maximum Gasteiger partial charge on any atom is 0.235 e. The Morgan fingerprint density at radius 1 is 1.44 bits per heavy atom. The van der Waals surface area contributed by atoms with E-state index in [1.54, 1.807) is 0 Å². The molecule has 16 heavy (non-hydrogen) atoms.